The van der Waals surface area contributed by atoms with Crippen LogP contribution in [0.5, 0.6) is 0 Å². The van der Waals surface area contributed by atoms with Gasteiger partial charge in [0.25, 0.3) is 0 Å². The third-order valence-corrected chi connectivity index (χ3v) is 7.05. The Morgan fingerprint density at radius 3 is 2.38 bits per heavy atom. The van der Waals surface area contributed by atoms with E-state index < -0.39 is 39.4 Å². The second-order valence-corrected chi connectivity index (χ2v) is 13.1. The minimum absolute atomic E-state index is 0.0232. The summed E-state index contributed by atoms with van der Waals surface area (Å²) in [5.74, 6) is -1.53. The number of carbonyl (C=O) groups is 1. The third kappa shape index (κ3) is 7.08. The smallest absolute Gasteiger partial charge is 0.408 e. The second kappa shape index (κ2) is 11.4. The Bertz CT molecular complexity index is 1780. The molecule has 1 atom stereocenters. The van der Waals surface area contributed by atoms with E-state index in [1.54, 1.807) is 52.9 Å². The molecule has 42 heavy (non-hydrogen) atoms. The highest BCUT2D eigenvalue weighted by Gasteiger charge is 2.28. The first-order chi connectivity index (χ1) is 19.4. The van der Waals surface area contributed by atoms with Crippen molar-refractivity contribution in [2.24, 2.45) is 7.05 Å². The van der Waals surface area contributed by atoms with Crippen molar-refractivity contribution < 1.29 is 26.7 Å². The summed E-state index contributed by atoms with van der Waals surface area (Å²) < 4.78 is 61.7. The van der Waals surface area contributed by atoms with Gasteiger partial charge in [0.15, 0.2) is 5.82 Å². The maximum absolute atomic E-state index is 14.1. The zero-order valence-electron chi connectivity index (χ0n) is 23.8. The number of rotatable bonds is 7. The van der Waals surface area contributed by atoms with Gasteiger partial charge >= 0.3 is 6.09 Å². The Morgan fingerprint density at radius 1 is 1.14 bits per heavy atom. The third-order valence-electron chi connectivity index (χ3n) is 6.17. The largest absolute Gasteiger partial charge is 0.444 e. The Hall–Kier alpha value is -3.97. The molecular formula is C28H31ClF2N6O4S. The maximum atomic E-state index is 14.1. The van der Waals surface area contributed by atoms with E-state index in [1.165, 1.54) is 16.8 Å². The van der Waals surface area contributed by atoms with Gasteiger partial charge in [-0.05, 0) is 63.9 Å². The van der Waals surface area contributed by atoms with E-state index in [2.05, 4.69) is 15.1 Å². The fourth-order valence-electron chi connectivity index (χ4n) is 4.59. The van der Waals surface area contributed by atoms with Gasteiger partial charge in [0.05, 0.1) is 45.3 Å². The molecule has 1 unspecified atom stereocenters. The van der Waals surface area contributed by atoms with Gasteiger partial charge in [-0.3, -0.25) is 14.4 Å². The summed E-state index contributed by atoms with van der Waals surface area (Å²) in [5.41, 5.74) is 8.25. The number of benzene rings is 2. The Morgan fingerprint density at radius 2 is 1.79 bits per heavy atom. The first-order valence-electron chi connectivity index (χ1n) is 12.8. The molecule has 4 N–H and O–H groups in total. The van der Waals surface area contributed by atoms with E-state index in [1.807, 2.05) is 0 Å². The minimum Gasteiger partial charge on any atom is -0.444 e. The van der Waals surface area contributed by atoms with Crippen molar-refractivity contribution in [1.29, 1.82) is 0 Å². The molecule has 0 spiro atoms. The van der Waals surface area contributed by atoms with Gasteiger partial charge in [0.1, 0.15) is 17.2 Å². The molecule has 2 aromatic heterocycles. The average molecular weight is 621 g/mol. The van der Waals surface area contributed by atoms with Crippen LogP contribution in [0.1, 0.15) is 43.8 Å². The van der Waals surface area contributed by atoms with Crippen molar-refractivity contribution in [2.45, 2.75) is 45.8 Å². The average Bonchev–Trinajstić information content (AvgIpc) is 3.13. The van der Waals surface area contributed by atoms with E-state index in [9.17, 15) is 22.0 Å². The number of hydrogen-bond donors (Lipinski definition) is 3. The fourth-order valence-corrected chi connectivity index (χ4v) is 5.33. The van der Waals surface area contributed by atoms with Crippen LogP contribution < -0.4 is 15.8 Å². The number of nitrogens with one attached hydrogen (secondary N) is 2. The van der Waals surface area contributed by atoms with Gasteiger partial charge in [-0.2, -0.15) is 5.10 Å². The highest BCUT2D eigenvalue weighted by molar-refractivity contribution is 7.92. The molecule has 14 heteroatoms. The number of ether oxygens (including phenoxy) is 1. The van der Waals surface area contributed by atoms with Crippen LogP contribution in [0.25, 0.3) is 22.0 Å². The molecule has 0 radical (unpaired) electrons. The number of sulfonamides is 1. The van der Waals surface area contributed by atoms with Gasteiger partial charge in [0, 0.05) is 24.2 Å². The molecule has 0 aliphatic carbocycles. The summed E-state index contributed by atoms with van der Waals surface area (Å²) in [6.45, 7) is 6.80. The molecule has 0 saturated carbocycles. The molecule has 4 rings (SSSR count). The van der Waals surface area contributed by atoms with Gasteiger partial charge in [-0.1, -0.05) is 17.7 Å². The number of anilines is 2. The summed E-state index contributed by atoms with van der Waals surface area (Å²) in [6.07, 6.45) is 0.171. The van der Waals surface area contributed by atoms with Crippen LogP contribution in [0.4, 0.5) is 25.1 Å². The number of amides is 1. The number of pyridine rings is 1. The quantitative estimate of drug-likeness (QED) is 0.243. The van der Waals surface area contributed by atoms with Crippen molar-refractivity contribution in [3.8, 4) is 11.1 Å². The molecule has 0 aliphatic heterocycles. The number of halogens is 3. The predicted octanol–water partition coefficient (Wildman–Crippen LogP) is 5.64. The number of nitrogens with zero attached hydrogens (tertiary/aromatic N) is 3. The summed E-state index contributed by atoms with van der Waals surface area (Å²) >= 11 is 6.52. The van der Waals surface area contributed by atoms with Crippen LogP contribution in [0, 0.1) is 18.6 Å². The number of fused-ring (bicyclic) bond motifs is 1. The zero-order chi connectivity index (χ0) is 31.1. The zero-order valence-corrected chi connectivity index (χ0v) is 25.4. The minimum atomic E-state index is -3.69. The molecule has 0 saturated heterocycles. The predicted molar refractivity (Wildman–Crippen MR) is 159 cm³/mol. The van der Waals surface area contributed by atoms with Crippen LogP contribution in [-0.4, -0.2) is 41.1 Å². The van der Waals surface area contributed by atoms with Crippen molar-refractivity contribution in [3.05, 3.63) is 70.0 Å². The Kier molecular flexibility index (Phi) is 8.38. The molecule has 4 aromatic rings. The van der Waals surface area contributed by atoms with Gasteiger partial charge in [0.2, 0.25) is 10.0 Å². The van der Waals surface area contributed by atoms with E-state index in [0.29, 0.717) is 39.1 Å². The molecule has 1 amide bonds. The van der Waals surface area contributed by atoms with Crippen LogP contribution in [-0.2, 0) is 28.2 Å². The molecule has 10 nitrogen and oxygen atoms in total. The lowest BCUT2D eigenvalue weighted by molar-refractivity contribution is 0.0502. The Balaban J connectivity index is 1.96. The summed E-state index contributed by atoms with van der Waals surface area (Å²) in [5, 5.41) is 7.69. The van der Waals surface area contributed by atoms with Crippen molar-refractivity contribution in [2.75, 3.05) is 16.7 Å². The topological polar surface area (TPSA) is 141 Å². The fraction of sp³-hybridized carbons (Fsp3) is 0.321. The molecule has 0 bridgehead atoms. The van der Waals surface area contributed by atoms with Crippen LogP contribution in [0.3, 0.4) is 0 Å². The molecule has 0 fully saturated rings. The van der Waals surface area contributed by atoms with Gasteiger partial charge in [-0.15, -0.1) is 0 Å². The van der Waals surface area contributed by atoms with E-state index in [0.717, 1.165) is 12.3 Å². The second-order valence-electron chi connectivity index (χ2n) is 10.9. The Labute approximate surface area is 247 Å². The van der Waals surface area contributed by atoms with Crippen LogP contribution in [0.2, 0.25) is 5.02 Å². The van der Waals surface area contributed by atoms with Gasteiger partial charge < -0.3 is 15.8 Å². The monoisotopic (exact) mass is 620 g/mol. The lowest BCUT2D eigenvalue weighted by Gasteiger charge is -2.25. The number of carbonyl (C=O) groups excluding carboxylic acids is 1. The number of nitrogen functional groups attached to an aromatic ring is 1. The normalized spacial score (nSPS) is 12.8. The van der Waals surface area contributed by atoms with Crippen LogP contribution >= 0.6 is 11.6 Å². The van der Waals surface area contributed by atoms with Crippen LogP contribution in [0.15, 0.2) is 36.4 Å². The summed E-state index contributed by atoms with van der Waals surface area (Å²) in [7, 11) is -2.08. The van der Waals surface area contributed by atoms with Crippen molar-refractivity contribution in [3.63, 3.8) is 0 Å². The number of hydrogen-bond acceptors (Lipinski definition) is 7. The lowest BCUT2D eigenvalue weighted by Crippen LogP contribution is -2.36. The first kappa shape index (κ1) is 31.0. The highest BCUT2D eigenvalue weighted by Crippen LogP contribution is 2.40. The van der Waals surface area contributed by atoms with E-state index >= 15 is 0 Å². The molecule has 2 heterocycles. The molecule has 2 aromatic carbocycles. The first-order valence-corrected chi connectivity index (χ1v) is 15.0. The maximum Gasteiger partial charge on any atom is 0.408 e. The lowest BCUT2D eigenvalue weighted by atomic mass is 9.93. The molecule has 0 aliphatic rings. The SMILES string of the molecule is Cc1nc(C(Cc2cc(F)cc(F)c2)NC(=O)OC(C)(C)C)c(-c2ccc(Cl)c3c(NS(C)(=O)=O)nn(C)c23)cc1N. The standard InChI is InChI=1S/C28H31ClF2N6O4S/c1-14-21(32)13-19(18-7-8-20(29)23-25(18)37(5)35-26(23)36-42(6,39)40)24(33-14)22(34-27(38)41-28(2,3)4)11-15-9-16(30)12-17(31)10-15/h7-10,12-13,22H,11,32H2,1-6H3,(H,34,38)(H,35,36). The number of alkyl carbamates (subject to hydrolysis) is 1. The number of aryl methyl sites for hydroxylation is 2. The van der Waals surface area contributed by atoms with E-state index in [4.69, 9.17) is 27.1 Å². The number of nitrogens with two attached hydrogens (primary N) is 1. The summed E-state index contributed by atoms with van der Waals surface area (Å²) in [4.78, 5) is 17.7. The van der Waals surface area contributed by atoms with Crippen molar-refractivity contribution >= 4 is 50.1 Å². The molecule has 224 valence electrons. The van der Waals surface area contributed by atoms with E-state index in [-0.39, 0.29) is 22.8 Å². The summed E-state index contributed by atoms with van der Waals surface area (Å²) in [6, 6.07) is 7.08. The number of aromatic nitrogens is 3. The van der Waals surface area contributed by atoms with Gasteiger partial charge in [-0.25, -0.2) is 22.0 Å². The highest BCUT2D eigenvalue weighted by atomic mass is 35.5. The van der Waals surface area contributed by atoms with Crippen molar-refractivity contribution in [1.82, 2.24) is 20.1 Å². The molecular weight excluding hydrogens is 590 g/mol.